The predicted molar refractivity (Wildman–Crippen MR) is 67.8 cm³/mol. The molecule has 0 saturated heterocycles. The molecule has 2 rings (SSSR count). The Morgan fingerprint density at radius 1 is 1.56 bits per heavy atom. The van der Waals surface area contributed by atoms with Crippen LogP contribution in [0.15, 0.2) is 23.8 Å². The molecule has 2 aromatic heterocycles. The van der Waals surface area contributed by atoms with Gasteiger partial charge in [0, 0.05) is 17.6 Å². The van der Waals surface area contributed by atoms with Crippen LogP contribution in [0.1, 0.15) is 10.4 Å². The van der Waals surface area contributed by atoms with Crippen LogP contribution in [0.25, 0.3) is 0 Å². The minimum absolute atomic E-state index is 0.681. The van der Waals surface area contributed by atoms with E-state index in [2.05, 4.69) is 35.4 Å². The van der Waals surface area contributed by atoms with E-state index >= 15 is 0 Å². The third-order valence-electron chi connectivity index (χ3n) is 2.37. The predicted octanol–water partition coefficient (Wildman–Crippen LogP) is 3.00. The van der Waals surface area contributed by atoms with Crippen molar-refractivity contribution >= 4 is 22.9 Å². The first kappa shape index (κ1) is 11.6. The lowest BCUT2D eigenvalue weighted by Gasteiger charge is -2.16. The van der Waals surface area contributed by atoms with E-state index in [1.54, 1.807) is 17.5 Å². The summed E-state index contributed by atoms with van der Waals surface area (Å²) in [6.45, 7) is 3.84. The fraction of sp³-hybridized carbons (Fsp3) is 0.364. The quantitative estimate of drug-likeness (QED) is 0.838. The second-order valence-electron chi connectivity index (χ2n) is 3.88. The molecule has 86 valence electrons. The molecule has 0 radical (unpaired) electrons. The average molecular weight is 256 g/mol. The number of hydrogen-bond donors (Lipinski definition) is 0. The number of nitrogens with zero attached hydrogens (tertiary/aromatic N) is 3. The highest BCUT2D eigenvalue weighted by Crippen LogP contribution is 2.17. The van der Waals surface area contributed by atoms with E-state index in [-0.39, 0.29) is 0 Å². The lowest BCUT2D eigenvalue weighted by Crippen LogP contribution is -2.21. The lowest BCUT2D eigenvalue weighted by atomic mass is 10.3. The highest BCUT2D eigenvalue weighted by molar-refractivity contribution is 7.10. The molecule has 16 heavy (non-hydrogen) atoms. The van der Waals surface area contributed by atoms with Crippen LogP contribution in [0.3, 0.4) is 0 Å². The summed E-state index contributed by atoms with van der Waals surface area (Å²) < 4.78 is 1.84. The van der Waals surface area contributed by atoms with Crippen molar-refractivity contribution in [3.63, 3.8) is 0 Å². The highest BCUT2D eigenvalue weighted by atomic mass is 35.5. The molecule has 0 bridgehead atoms. The Morgan fingerprint density at radius 3 is 2.94 bits per heavy atom. The zero-order valence-corrected chi connectivity index (χ0v) is 10.9. The van der Waals surface area contributed by atoms with Crippen LogP contribution in [0, 0.1) is 6.92 Å². The molecule has 0 aliphatic rings. The normalized spacial score (nSPS) is 11.2. The van der Waals surface area contributed by atoms with Crippen molar-refractivity contribution in [2.24, 2.45) is 0 Å². The van der Waals surface area contributed by atoms with Crippen LogP contribution in [-0.2, 0) is 13.2 Å². The topological polar surface area (TPSA) is 21.1 Å². The molecular formula is C11H14ClN3S. The van der Waals surface area contributed by atoms with E-state index in [1.807, 2.05) is 10.9 Å². The molecule has 0 aliphatic carbocycles. The van der Waals surface area contributed by atoms with Gasteiger partial charge in [-0.2, -0.15) is 5.10 Å². The average Bonchev–Trinajstić information content (AvgIpc) is 2.77. The van der Waals surface area contributed by atoms with Gasteiger partial charge in [0.1, 0.15) is 0 Å². The molecule has 0 spiro atoms. The maximum absolute atomic E-state index is 5.81. The van der Waals surface area contributed by atoms with Gasteiger partial charge in [0.15, 0.2) is 0 Å². The van der Waals surface area contributed by atoms with Crippen LogP contribution >= 0.6 is 22.9 Å². The van der Waals surface area contributed by atoms with Crippen LogP contribution in [-0.4, -0.2) is 21.7 Å². The second-order valence-corrected chi connectivity index (χ2v) is 5.32. The van der Waals surface area contributed by atoms with E-state index in [0.717, 1.165) is 13.2 Å². The lowest BCUT2D eigenvalue weighted by molar-refractivity contribution is 0.248. The van der Waals surface area contributed by atoms with Crippen molar-refractivity contribution in [2.75, 3.05) is 7.05 Å². The van der Waals surface area contributed by atoms with Crippen molar-refractivity contribution in [2.45, 2.75) is 20.1 Å². The maximum atomic E-state index is 5.81. The number of aromatic nitrogens is 2. The fourth-order valence-corrected chi connectivity index (χ4v) is 2.67. The Balaban J connectivity index is 1.94. The van der Waals surface area contributed by atoms with Crippen LogP contribution in [0.4, 0.5) is 0 Å². The molecule has 0 unspecified atom stereocenters. The fourth-order valence-electron chi connectivity index (χ4n) is 1.52. The van der Waals surface area contributed by atoms with Crippen molar-refractivity contribution in [3.8, 4) is 0 Å². The first-order chi connectivity index (χ1) is 7.65. The summed E-state index contributed by atoms with van der Waals surface area (Å²) in [5.74, 6) is 0. The molecule has 2 heterocycles. The van der Waals surface area contributed by atoms with Gasteiger partial charge >= 0.3 is 0 Å². The molecule has 0 amide bonds. The Bertz CT molecular complexity index is 463. The van der Waals surface area contributed by atoms with E-state index in [9.17, 15) is 0 Å². The van der Waals surface area contributed by atoms with Crippen molar-refractivity contribution in [3.05, 3.63) is 39.3 Å². The minimum Gasteiger partial charge on any atom is -0.282 e. The summed E-state index contributed by atoms with van der Waals surface area (Å²) in [5.41, 5.74) is 1.36. The van der Waals surface area contributed by atoms with Gasteiger partial charge in [-0.15, -0.1) is 11.3 Å². The monoisotopic (exact) mass is 255 g/mol. The SMILES string of the molecule is Cc1ccsc1CN(C)Cn1cc(Cl)cn1. The van der Waals surface area contributed by atoms with Crippen molar-refractivity contribution < 1.29 is 0 Å². The molecule has 0 saturated carbocycles. The molecule has 0 N–H and O–H groups in total. The number of halogens is 1. The minimum atomic E-state index is 0.681. The summed E-state index contributed by atoms with van der Waals surface area (Å²) in [6, 6.07) is 2.15. The largest absolute Gasteiger partial charge is 0.282 e. The molecular weight excluding hydrogens is 242 g/mol. The summed E-state index contributed by atoms with van der Waals surface area (Å²) in [6.07, 6.45) is 3.49. The second kappa shape index (κ2) is 4.99. The smallest absolute Gasteiger partial charge is 0.0930 e. The summed E-state index contributed by atoms with van der Waals surface area (Å²) in [4.78, 5) is 3.61. The van der Waals surface area contributed by atoms with E-state index in [1.165, 1.54) is 10.4 Å². The Kier molecular flexibility index (Phi) is 3.63. The van der Waals surface area contributed by atoms with Crippen molar-refractivity contribution in [1.82, 2.24) is 14.7 Å². The van der Waals surface area contributed by atoms with E-state index in [4.69, 9.17) is 11.6 Å². The molecule has 3 nitrogen and oxygen atoms in total. The Labute approximate surface area is 104 Å². The number of aryl methyl sites for hydroxylation is 1. The third kappa shape index (κ3) is 2.84. The Hall–Kier alpha value is -0.840. The molecule has 0 fully saturated rings. The first-order valence-corrected chi connectivity index (χ1v) is 6.30. The summed E-state index contributed by atoms with van der Waals surface area (Å²) >= 11 is 7.61. The Morgan fingerprint density at radius 2 is 2.38 bits per heavy atom. The van der Waals surface area contributed by atoms with Gasteiger partial charge in [-0.1, -0.05) is 11.6 Å². The molecule has 0 aliphatic heterocycles. The van der Waals surface area contributed by atoms with Gasteiger partial charge in [0.25, 0.3) is 0 Å². The number of thiophene rings is 1. The van der Waals surface area contributed by atoms with E-state index < -0.39 is 0 Å². The highest BCUT2D eigenvalue weighted by Gasteiger charge is 2.05. The van der Waals surface area contributed by atoms with Gasteiger partial charge < -0.3 is 0 Å². The van der Waals surface area contributed by atoms with Crippen LogP contribution < -0.4 is 0 Å². The van der Waals surface area contributed by atoms with E-state index in [0.29, 0.717) is 5.02 Å². The number of hydrogen-bond acceptors (Lipinski definition) is 3. The van der Waals surface area contributed by atoms with Crippen LogP contribution in [0.2, 0.25) is 5.02 Å². The van der Waals surface area contributed by atoms with Crippen LogP contribution in [0.5, 0.6) is 0 Å². The standard InChI is InChI=1S/C11H14ClN3S/c1-9-3-4-16-11(9)7-14(2)8-15-6-10(12)5-13-15/h3-6H,7-8H2,1-2H3. The summed E-state index contributed by atoms with van der Waals surface area (Å²) in [5, 5.41) is 6.96. The molecule has 5 heteroatoms. The maximum Gasteiger partial charge on any atom is 0.0930 e. The first-order valence-electron chi connectivity index (χ1n) is 5.04. The van der Waals surface area contributed by atoms with Gasteiger partial charge in [-0.05, 0) is 31.0 Å². The van der Waals surface area contributed by atoms with Crippen molar-refractivity contribution in [1.29, 1.82) is 0 Å². The zero-order valence-electron chi connectivity index (χ0n) is 9.35. The van der Waals surface area contributed by atoms with Gasteiger partial charge in [0.2, 0.25) is 0 Å². The molecule has 0 aromatic carbocycles. The molecule has 2 aromatic rings. The van der Waals surface area contributed by atoms with Gasteiger partial charge in [0.05, 0.1) is 17.9 Å². The number of rotatable bonds is 4. The summed E-state index contributed by atoms with van der Waals surface area (Å²) in [7, 11) is 2.08. The third-order valence-corrected chi connectivity index (χ3v) is 3.57. The van der Waals surface area contributed by atoms with Gasteiger partial charge in [-0.3, -0.25) is 9.58 Å². The molecule has 0 atom stereocenters. The zero-order chi connectivity index (χ0) is 11.5. The van der Waals surface area contributed by atoms with Gasteiger partial charge in [-0.25, -0.2) is 0 Å².